The normalized spacial score (nSPS) is 14.0. The van der Waals surface area contributed by atoms with Crippen LogP contribution in [-0.2, 0) is 10.0 Å². The van der Waals surface area contributed by atoms with Gasteiger partial charge in [0.2, 0.25) is 0 Å². The Kier molecular flexibility index (Phi) is 4.63. The quantitative estimate of drug-likeness (QED) is 0.392. The number of rotatable bonds is 3. The van der Waals surface area contributed by atoms with Gasteiger partial charge in [-0.15, -0.1) is 34.4 Å². The number of hydrogen-bond acceptors (Lipinski definition) is 6. The van der Waals surface area contributed by atoms with E-state index in [0.717, 1.165) is 25.4 Å². The summed E-state index contributed by atoms with van der Waals surface area (Å²) in [6.07, 6.45) is 0. The molecule has 2 aromatic carbocycles. The molecule has 0 saturated heterocycles. The molecule has 0 aliphatic carbocycles. The van der Waals surface area contributed by atoms with E-state index in [-0.39, 0.29) is 0 Å². The number of sulfonamides is 1. The maximum Gasteiger partial charge on any atom is 0.273 e. The summed E-state index contributed by atoms with van der Waals surface area (Å²) in [5, 5.41) is 10.0. The minimum atomic E-state index is -3.65. The highest BCUT2D eigenvalue weighted by molar-refractivity contribution is 8.00. The summed E-state index contributed by atoms with van der Waals surface area (Å²) in [5.74, 6) is 0.716. The van der Waals surface area contributed by atoms with Crippen LogP contribution in [0, 0.1) is 11.3 Å². The average Bonchev–Trinajstić information content (AvgIpc) is 3.40. The molecule has 0 bridgehead atoms. The van der Waals surface area contributed by atoms with Crippen LogP contribution >= 0.6 is 34.4 Å². The van der Waals surface area contributed by atoms with Crippen molar-refractivity contribution in [3.05, 3.63) is 65.5 Å². The van der Waals surface area contributed by atoms with Crippen molar-refractivity contribution in [1.29, 1.82) is 5.26 Å². The molecule has 0 saturated carbocycles. The molecule has 29 heavy (non-hydrogen) atoms. The zero-order chi connectivity index (χ0) is 20.0. The summed E-state index contributed by atoms with van der Waals surface area (Å²) in [4.78, 5) is 2.56. The Hall–Kier alpha value is -2.31. The summed E-state index contributed by atoms with van der Waals surface area (Å²) in [5.41, 5.74) is 1.64. The summed E-state index contributed by atoms with van der Waals surface area (Å²) < 4.78 is 29.9. The number of nitriles is 1. The molecule has 4 nitrogen and oxygen atoms in total. The van der Waals surface area contributed by atoms with E-state index < -0.39 is 10.0 Å². The lowest BCUT2D eigenvalue weighted by Crippen LogP contribution is -2.35. The lowest BCUT2D eigenvalue weighted by Gasteiger charge is -2.30. The van der Waals surface area contributed by atoms with Crippen molar-refractivity contribution < 1.29 is 8.42 Å². The van der Waals surface area contributed by atoms with Gasteiger partial charge in [-0.2, -0.15) is 5.26 Å². The molecule has 5 rings (SSSR count). The average molecular weight is 455 g/mol. The number of fused-ring (bicyclic) bond motifs is 2. The Morgan fingerprint density at radius 1 is 1.00 bits per heavy atom. The van der Waals surface area contributed by atoms with E-state index in [0.29, 0.717) is 27.1 Å². The fourth-order valence-corrected chi connectivity index (χ4v) is 8.28. The van der Waals surface area contributed by atoms with Crippen LogP contribution in [0.3, 0.4) is 0 Å². The molecule has 2 aromatic heterocycles. The molecule has 0 amide bonds. The van der Waals surface area contributed by atoms with Gasteiger partial charge in [-0.25, -0.2) is 8.42 Å². The number of nitrogens with zero attached hydrogens (tertiary/aromatic N) is 2. The Bertz CT molecular complexity index is 1350. The second-order valence-electron chi connectivity index (χ2n) is 6.49. The smallest absolute Gasteiger partial charge is 0.264 e. The monoisotopic (exact) mass is 454 g/mol. The Morgan fingerprint density at radius 2 is 1.86 bits per heavy atom. The predicted octanol–water partition coefficient (Wildman–Crippen LogP) is 5.80. The number of thiophene rings is 2. The molecule has 144 valence electrons. The molecule has 4 aromatic rings. The molecule has 8 heteroatoms. The number of benzene rings is 2. The van der Waals surface area contributed by atoms with Crippen LogP contribution in [0.5, 0.6) is 0 Å². The third kappa shape index (κ3) is 3.24. The molecule has 1 aliphatic rings. The minimum Gasteiger partial charge on any atom is -0.264 e. The lowest BCUT2D eigenvalue weighted by molar-refractivity contribution is 0.593. The largest absolute Gasteiger partial charge is 0.273 e. The van der Waals surface area contributed by atoms with Crippen molar-refractivity contribution in [2.75, 3.05) is 16.6 Å². The van der Waals surface area contributed by atoms with Crippen LogP contribution in [-0.4, -0.2) is 20.7 Å². The number of anilines is 1. The third-order valence-corrected chi connectivity index (χ3v) is 10.2. The van der Waals surface area contributed by atoms with Gasteiger partial charge in [-0.05, 0) is 47.3 Å². The van der Waals surface area contributed by atoms with E-state index in [1.807, 2.05) is 48.5 Å². The first-order valence-corrected chi connectivity index (χ1v) is 12.9. The summed E-state index contributed by atoms with van der Waals surface area (Å²) >= 11 is 4.39. The minimum absolute atomic E-state index is 0.366. The molecule has 0 N–H and O–H groups in total. The van der Waals surface area contributed by atoms with Crippen molar-refractivity contribution in [1.82, 2.24) is 0 Å². The lowest BCUT2D eigenvalue weighted by atomic mass is 10.1. The van der Waals surface area contributed by atoms with Crippen LogP contribution in [0.25, 0.3) is 20.5 Å². The third-order valence-electron chi connectivity index (χ3n) is 4.73. The zero-order valence-electron chi connectivity index (χ0n) is 15.0. The molecule has 0 radical (unpaired) electrons. The fraction of sp³-hybridized carbons (Fsp3) is 0.0952. The van der Waals surface area contributed by atoms with Crippen molar-refractivity contribution in [2.24, 2.45) is 0 Å². The van der Waals surface area contributed by atoms with Gasteiger partial charge in [0.25, 0.3) is 10.0 Å². The van der Waals surface area contributed by atoms with Crippen LogP contribution in [0.4, 0.5) is 5.69 Å². The zero-order valence-corrected chi connectivity index (χ0v) is 18.3. The van der Waals surface area contributed by atoms with E-state index in [2.05, 4.69) is 6.07 Å². The molecule has 0 atom stereocenters. The molecule has 0 spiro atoms. The van der Waals surface area contributed by atoms with E-state index in [1.165, 1.54) is 27.0 Å². The summed E-state index contributed by atoms with van der Waals surface area (Å²) in [6, 6.07) is 21.2. The first-order chi connectivity index (χ1) is 14.1. The predicted molar refractivity (Wildman–Crippen MR) is 122 cm³/mol. The van der Waals surface area contributed by atoms with Gasteiger partial charge in [0, 0.05) is 26.8 Å². The van der Waals surface area contributed by atoms with Gasteiger partial charge >= 0.3 is 0 Å². The first kappa shape index (κ1) is 18.7. The van der Waals surface area contributed by atoms with Crippen LogP contribution < -0.4 is 4.31 Å². The fourth-order valence-electron chi connectivity index (χ4n) is 3.34. The Morgan fingerprint density at radius 3 is 2.66 bits per heavy atom. The van der Waals surface area contributed by atoms with Crippen LogP contribution in [0.1, 0.15) is 4.88 Å². The second-order valence-corrected chi connectivity index (χ2v) is 11.9. The highest BCUT2D eigenvalue weighted by Crippen LogP contribution is 2.42. The highest BCUT2D eigenvalue weighted by Gasteiger charge is 2.31. The van der Waals surface area contributed by atoms with Gasteiger partial charge in [-0.1, -0.05) is 24.3 Å². The van der Waals surface area contributed by atoms with E-state index in [4.69, 9.17) is 5.26 Å². The topological polar surface area (TPSA) is 61.2 Å². The maximum absolute atomic E-state index is 13.5. The molecule has 0 fully saturated rings. The van der Waals surface area contributed by atoms with Crippen molar-refractivity contribution in [3.63, 3.8) is 0 Å². The Balaban J connectivity index is 1.60. The number of hydrogen-bond donors (Lipinski definition) is 0. The van der Waals surface area contributed by atoms with Gasteiger partial charge in [0.1, 0.15) is 15.2 Å². The van der Waals surface area contributed by atoms with Crippen LogP contribution in [0.2, 0.25) is 0 Å². The van der Waals surface area contributed by atoms with Crippen molar-refractivity contribution >= 4 is 60.2 Å². The first-order valence-electron chi connectivity index (χ1n) is 8.85. The Labute approximate surface area is 181 Å². The van der Waals surface area contributed by atoms with E-state index in [1.54, 1.807) is 23.9 Å². The SMILES string of the molecule is N#Cc1ccc(-c2ccc3c(c2)N(S(=O)(=O)c2cc4ccccc4s2)CCS3)s1. The second kappa shape index (κ2) is 7.18. The highest BCUT2D eigenvalue weighted by atomic mass is 32.2. The van der Waals surface area contributed by atoms with Gasteiger partial charge in [-0.3, -0.25) is 4.31 Å². The number of thioether (sulfide) groups is 1. The molecular formula is C21H14N2O2S4. The molecular weight excluding hydrogens is 441 g/mol. The maximum atomic E-state index is 13.5. The summed E-state index contributed by atoms with van der Waals surface area (Å²) in [6.45, 7) is 0.436. The van der Waals surface area contributed by atoms with Gasteiger partial charge in [0.15, 0.2) is 0 Å². The van der Waals surface area contributed by atoms with Crippen molar-refractivity contribution in [2.45, 2.75) is 9.10 Å². The van der Waals surface area contributed by atoms with Crippen LogP contribution in [0.15, 0.2) is 69.8 Å². The standard InChI is InChI=1S/C21H14N2O2S4/c22-13-16-6-8-19(27-16)15-5-7-20-17(11-15)23(9-10-26-20)29(24,25)21-12-14-3-1-2-4-18(14)28-21/h1-8,11-12H,9-10H2. The van der Waals surface area contributed by atoms with E-state index in [9.17, 15) is 8.42 Å². The summed E-state index contributed by atoms with van der Waals surface area (Å²) in [7, 11) is -3.65. The molecule has 3 heterocycles. The van der Waals surface area contributed by atoms with Crippen molar-refractivity contribution in [3.8, 4) is 16.5 Å². The molecule has 1 aliphatic heterocycles. The molecule has 0 unspecified atom stereocenters. The van der Waals surface area contributed by atoms with Gasteiger partial charge in [0.05, 0.1) is 5.69 Å². The van der Waals surface area contributed by atoms with Gasteiger partial charge < -0.3 is 0 Å². The van der Waals surface area contributed by atoms with E-state index >= 15 is 0 Å².